The predicted octanol–water partition coefficient (Wildman–Crippen LogP) is 3.58. The van der Waals surface area contributed by atoms with Gasteiger partial charge in [0.15, 0.2) is 5.76 Å². The van der Waals surface area contributed by atoms with Crippen molar-refractivity contribution in [2.45, 2.75) is 6.92 Å². The van der Waals surface area contributed by atoms with Gasteiger partial charge in [-0.1, -0.05) is 28.1 Å². The fraction of sp³-hybridized carbons (Fsp3) is 0.0833. The zero-order valence-corrected chi connectivity index (χ0v) is 9.74. The number of rotatable bonds is 2. The molecule has 0 unspecified atom stereocenters. The van der Waals surface area contributed by atoms with E-state index in [0.29, 0.717) is 11.3 Å². The molecule has 3 heteroatoms. The molecule has 0 radical (unpaired) electrons. The van der Waals surface area contributed by atoms with Crippen LogP contribution in [0.2, 0.25) is 0 Å². The molecule has 2 aromatic rings. The average Bonchev–Trinajstić information content (AvgIpc) is 2.69. The number of ketones is 1. The Balaban J connectivity index is 2.51. The van der Waals surface area contributed by atoms with Crippen LogP contribution in [0.3, 0.4) is 0 Å². The molecule has 2 nitrogen and oxygen atoms in total. The monoisotopic (exact) mass is 264 g/mol. The summed E-state index contributed by atoms with van der Waals surface area (Å²) in [6, 6.07) is 9.03. The van der Waals surface area contributed by atoms with E-state index in [0.717, 1.165) is 10.0 Å². The number of carbonyl (C=O) groups excluding carboxylic acids is 1. The lowest BCUT2D eigenvalue weighted by molar-refractivity contribution is 0.101. The smallest absolute Gasteiger partial charge is 0.229 e. The summed E-state index contributed by atoms with van der Waals surface area (Å²) in [6.45, 7) is 1.90. The van der Waals surface area contributed by atoms with Crippen LogP contribution in [0.25, 0.3) is 0 Å². The van der Waals surface area contributed by atoms with Gasteiger partial charge in [0.25, 0.3) is 0 Å². The van der Waals surface area contributed by atoms with Gasteiger partial charge in [-0.25, -0.2) is 0 Å². The summed E-state index contributed by atoms with van der Waals surface area (Å²) < 4.78 is 5.88. The van der Waals surface area contributed by atoms with E-state index in [4.69, 9.17) is 4.42 Å². The van der Waals surface area contributed by atoms with Gasteiger partial charge in [-0.15, -0.1) is 0 Å². The first kappa shape index (κ1) is 10.2. The lowest BCUT2D eigenvalue weighted by Gasteiger charge is -2.04. The fourth-order valence-corrected chi connectivity index (χ4v) is 2.10. The Hall–Kier alpha value is -1.35. The maximum absolute atomic E-state index is 12.0. The van der Waals surface area contributed by atoms with Crippen LogP contribution in [0, 0.1) is 6.92 Å². The molecule has 2 rings (SSSR count). The molecule has 0 spiro atoms. The molecule has 1 heterocycles. The van der Waals surface area contributed by atoms with Crippen molar-refractivity contribution in [2.75, 3.05) is 0 Å². The summed E-state index contributed by atoms with van der Waals surface area (Å²) >= 11 is 3.37. The molecule has 0 fully saturated rings. The molecular weight excluding hydrogens is 256 g/mol. The van der Waals surface area contributed by atoms with E-state index in [9.17, 15) is 4.79 Å². The van der Waals surface area contributed by atoms with Crippen LogP contribution >= 0.6 is 15.9 Å². The first-order valence-corrected chi connectivity index (χ1v) is 5.33. The average molecular weight is 265 g/mol. The predicted molar refractivity (Wildman–Crippen MR) is 61.0 cm³/mol. The highest BCUT2D eigenvalue weighted by molar-refractivity contribution is 9.10. The Morgan fingerprint density at radius 3 is 2.67 bits per heavy atom. The number of benzene rings is 1. The maximum Gasteiger partial charge on any atom is 0.229 e. The van der Waals surface area contributed by atoms with Crippen molar-refractivity contribution in [2.24, 2.45) is 0 Å². The summed E-state index contributed by atoms with van der Waals surface area (Å²) in [5.41, 5.74) is 1.60. The number of aryl methyl sites for hydroxylation is 1. The summed E-state index contributed by atoms with van der Waals surface area (Å²) in [7, 11) is 0. The highest BCUT2D eigenvalue weighted by Gasteiger charge is 2.16. The molecule has 0 aliphatic carbocycles. The van der Waals surface area contributed by atoms with Gasteiger partial charge in [-0.2, -0.15) is 0 Å². The van der Waals surface area contributed by atoms with Crippen LogP contribution in [0.15, 0.2) is 45.5 Å². The molecule has 15 heavy (non-hydrogen) atoms. The minimum Gasteiger partial charge on any atom is -0.461 e. The first-order chi connectivity index (χ1) is 7.20. The third-order valence-electron chi connectivity index (χ3n) is 2.19. The molecule has 0 amide bonds. The van der Waals surface area contributed by atoms with E-state index in [2.05, 4.69) is 15.9 Å². The molecule has 0 saturated heterocycles. The molecule has 0 bridgehead atoms. The van der Waals surface area contributed by atoms with Gasteiger partial charge in [0.2, 0.25) is 5.78 Å². The van der Waals surface area contributed by atoms with Gasteiger partial charge < -0.3 is 4.42 Å². The summed E-state index contributed by atoms with van der Waals surface area (Å²) in [5, 5.41) is 0. The molecule has 76 valence electrons. The number of carbonyl (C=O) groups is 1. The van der Waals surface area contributed by atoms with E-state index >= 15 is 0 Å². The van der Waals surface area contributed by atoms with Crippen molar-refractivity contribution < 1.29 is 9.21 Å². The van der Waals surface area contributed by atoms with Gasteiger partial charge in [-0.05, 0) is 30.7 Å². The van der Waals surface area contributed by atoms with Gasteiger partial charge in [-0.3, -0.25) is 4.79 Å². The zero-order valence-electron chi connectivity index (χ0n) is 8.16. The van der Waals surface area contributed by atoms with Crippen molar-refractivity contribution in [3.8, 4) is 0 Å². The van der Waals surface area contributed by atoms with E-state index < -0.39 is 0 Å². The van der Waals surface area contributed by atoms with Crippen molar-refractivity contribution in [1.82, 2.24) is 0 Å². The molecule has 0 N–H and O–H groups in total. The lowest BCUT2D eigenvalue weighted by atomic mass is 10.0. The summed E-state index contributed by atoms with van der Waals surface area (Å²) in [5.74, 6) is 0.273. The van der Waals surface area contributed by atoms with Crippen molar-refractivity contribution >= 4 is 21.7 Å². The van der Waals surface area contributed by atoms with E-state index in [-0.39, 0.29) is 5.78 Å². The maximum atomic E-state index is 12.0. The number of hydrogen-bond acceptors (Lipinski definition) is 2. The Morgan fingerprint density at radius 1 is 1.27 bits per heavy atom. The normalized spacial score (nSPS) is 10.3. The quantitative estimate of drug-likeness (QED) is 0.777. The van der Waals surface area contributed by atoms with Crippen LogP contribution in [0.5, 0.6) is 0 Å². The van der Waals surface area contributed by atoms with Crippen molar-refractivity contribution in [3.05, 3.63) is 58.0 Å². The van der Waals surface area contributed by atoms with Crippen molar-refractivity contribution in [3.63, 3.8) is 0 Å². The standard InChI is InChI=1S/C12H9BrO2/c1-8-4-2-5-9(13)11(8)12(14)10-6-3-7-15-10/h2-7H,1H3. The van der Waals surface area contributed by atoms with Crippen molar-refractivity contribution in [1.29, 1.82) is 0 Å². The number of furan rings is 1. The summed E-state index contributed by atoms with van der Waals surface area (Å²) in [6.07, 6.45) is 1.50. The minimum absolute atomic E-state index is 0.0926. The Labute approximate surface area is 96.0 Å². The van der Waals surface area contributed by atoms with Crippen LogP contribution < -0.4 is 0 Å². The molecular formula is C12H9BrO2. The van der Waals surface area contributed by atoms with E-state index in [1.807, 2.05) is 25.1 Å². The van der Waals surface area contributed by atoms with Gasteiger partial charge in [0, 0.05) is 10.0 Å². The molecule has 1 aromatic carbocycles. The largest absolute Gasteiger partial charge is 0.461 e. The second kappa shape index (κ2) is 4.03. The zero-order chi connectivity index (χ0) is 10.8. The topological polar surface area (TPSA) is 30.2 Å². The Bertz CT molecular complexity index is 466. The van der Waals surface area contributed by atoms with Crippen LogP contribution in [0.4, 0.5) is 0 Å². The fourth-order valence-electron chi connectivity index (χ4n) is 1.45. The molecule has 0 saturated carbocycles. The van der Waals surface area contributed by atoms with Gasteiger partial charge in [0.05, 0.1) is 6.26 Å². The first-order valence-electron chi connectivity index (χ1n) is 4.53. The Morgan fingerprint density at radius 2 is 2.07 bits per heavy atom. The van der Waals surface area contributed by atoms with Crippen LogP contribution in [-0.4, -0.2) is 5.78 Å². The molecule has 0 aliphatic rings. The highest BCUT2D eigenvalue weighted by Crippen LogP contribution is 2.23. The minimum atomic E-state index is -0.0926. The van der Waals surface area contributed by atoms with E-state index in [1.54, 1.807) is 12.1 Å². The van der Waals surface area contributed by atoms with Gasteiger partial charge in [0.1, 0.15) is 0 Å². The molecule has 1 aromatic heterocycles. The lowest BCUT2D eigenvalue weighted by Crippen LogP contribution is -2.03. The highest BCUT2D eigenvalue weighted by atomic mass is 79.9. The third kappa shape index (κ3) is 1.88. The Kier molecular flexibility index (Phi) is 2.73. The second-order valence-corrected chi connectivity index (χ2v) is 4.09. The number of halogens is 1. The summed E-state index contributed by atoms with van der Waals surface area (Å²) in [4.78, 5) is 12.0. The second-order valence-electron chi connectivity index (χ2n) is 3.24. The molecule has 0 aliphatic heterocycles. The number of hydrogen-bond donors (Lipinski definition) is 0. The SMILES string of the molecule is Cc1cccc(Br)c1C(=O)c1ccco1. The third-order valence-corrected chi connectivity index (χ3v) is 2.85. The van der Waals surface area contributed by atoms with Crippen LogP contribution in [-0.2, 0) is 0 Å². The van der Waals surface area contributed by atoms with E-state index in [1.165, 1.54) is 6.26 Å². The van der Waals surface area contributed by atoms with Crippen LogP contribution in [0.1, 0.15) is 21.7 Å². The molecule has 0 atom stereocenters. The van der Waals surface area contributed by atoms with Gasteiger partial charge >= 0.3 is 0 Å².